The molecule has 160 valence electrons. The molecular weight excluding hydrogens is 368 g/mol. The number of nitrogens with zero attached hydrogens (tertiary/aromatic N) is 4. The van der Waals surface area contributed by atoms with Crippen molar-refractivity contribution in [3.63, 3.8) is 0 Å². The minimum atomic E-state index is -0.449. The Morgan fingerprint density at radius 2 is 2.21 bits per heavy atom. The SMILES string of the molecule is CCC(C)NC(=O)C(C)=CCC(C)N(C)Cc1cnc2c(n1)C(N)NC(=NC)N2. The molecule has 0 saturated carbocycles. The Balaban J connectivity index is 1.96. The van der Waals surface area contributed by atoms with Gasteiger partial charge in [-0.2, -0.15) is 0 Å². The highest BCUT2D eigenvalue weighted by atomic mass is 16.1. The molecule has 2 rings (SSSR count). The van der Waals surface area contributed by atoms with Gasteiger partial charge in [-0.3, -0.25) is 14.7 Å². The highest BCUT2D eigenvalue weighted by Gasteiger charge is 2.23. The van der Waals surface area contributed by atoms with Crippen molar-refractivity contribution in [2.24, 2.45) is 10.7 Å². The molecular formula is C20H34N8O. The molecule has 0 aromatic carbocycles. The van der Waals surface area contributed by atoms with E-state index in [1.54, 1.807) is 13.2 Å². The maximum Gasteiger partial charge on any atom is 0.246 e. The predicted molar refractivity (Wildman–Crippen MR) is 116 cm³/mol. The van der Waals surface area contributed by atoms with Gasteiger partial charge >= 0.3 is 0 Å². The summed E-state index contributed by atoms with van der Waals surface area (Å²) in [6, 6.07) is 0.423. The van der Waals surface area contributed by atoms with Gasteiger partial charge in [-0.15, -0.1) is 0 Å². The summed E-state index contributed by atoms with van der Waals surface area (Å²) < 4.78 is 0. The average Bonchev–Trinajstić information content (AvgIpc) is 2.71. The lowest BCUT2D eigenvalue weighted by Crippen LogP contribution is -2.44. The number of aromatic nitrogens is 2. The van der Waals surface area contributed by atoms with Crippen molar-refractivity contribution in [2.45, 2.75) is 65.3 Å². The molecule has 0 spiro atoms. The van der Waals surface area contributed by atoms with Crippen molar-refractivity contribution in [3.05, 3.63) is 29.2 Å². The maximum absolute atomic E-state index is 12.2. The van der Waals surface area contributed by atoms with E-state index in [0.717, 1.165) is 24.1 Å². The minimum Gasteiger partial charge on any atom is -0.350 e. The zero-order chi connectivity index (χ0) is 21.6. The average molecular weight is 403 g/mol. The van der Waals surface area contributed by atoms with Gasteiger partial charge < -0.3 is 21.7 Å². The number of carbonyl (C=O) groups excluding carboxylic acids is 1. The Hall–Kier alpha value is -2.52. The van der Waals surface area contributed by atoms with Crippen LogP contribution in [-0.4, -0.2) is 52.9 Å². The van der Waals surface area contributed by atoms with Crippen molar-refractivity contribution in [2.75, 3.05) is 19.4 Å². The largest absolute Gasteiger partial charge is 0.350 e. The molecule has 1 aliphatic rings. The smallest absolute Gasteiger partial charge is 0.246 e. The van der Waals surface area contributed by atoms with E-state index in [4.69, 9.17) is 5.73 Å². The van der Waals surface area contributed by atoms with Gasteiger partial charge in [0.05, 0.1) is 11.9 Å². The Morgan fingerprint density at radius 3 is 2.86 bits per heavy atom. The molecule has 0 fully saturated rings. The normalized spacial score (nSPS) is 19.9. The van der Waals surface area contributed by atoms with Crippen LogP contribution in [0.25, 0.3) is 0 Å². The summed E-state index contributed by atoms with van der Waals surface area (Å²) in [6.45, 7) is 8.68. The van der Waals surface area contributed by atoms with Gasteiger partial charge in [0, 0.05) is 31.2 Å². The molecule has 9 heteroatoms. The van der Waals surface area contributed by atoms with E-state index in [-0.39, 0.29) is 18.0 Å². The zero-order valence-electron chi connectivity index (χ0n) is 18.3. The van der Waals surface area contributed by atoms with Gasteiger partial charge in [0.25, 0.3) is 0 Å². The molecule has 1 aromatic rings. The molecule has 1 aliphatic heterocycles. The number of nitrogens with one attached hydrogen (secondary N) is 3. The highest BCUT2D eigenvalue weighted by molar-refractivity contribution is 5.95. The third kappa shape index (κ3) is 6.23. The molecule has 3 atom stereocenters. The van der Waals surface area contributed by atoms with E-state index in [1.165, 1.54) is 0 Å². The first-order valence-electron chi connectivity index (χ1n) is 10.0. The molecule has 0 aliphatic carbocycles. The first-order valence-corrected chi connectivity index (χ1v) is 10.0. The van der Waals surface area contributed by atoms with Crippen LogP contribution < -0.4 is 21.7 Å². The number of fused-ring (bicyclic) bond motifs is 1. The minimum absolute atomic E-state index is 0.00117. The quantitative estimate of drug-likeness (QED) is 0.486. The Morgan fingerprint density at radius 1 is 1.48 bits per heavy atom. The molecule has 0 radical (unpaired) electrons. The molecule has 9 nitrogen and oxygen atoms in total. The predicted octanol–water partition coefficient (Wildman–Crippen LogP) is 1.51. The second-order valence-electron chi connectivity index (χ2n) is 7.58. The van der Waals surface area contributed by atoms with Crippen molar-refractivity contribution in [1.82, 2.24) is 25.5 Å². The fourth-order valence-electron chi connectivity index (χ4n) is 2.79. The highest BCUT2D eigenvalue weighted by Crippen LogP contribution is 2.20. The monoisotopic (exact) mass is 402 g/mol. The van der Waals surface area contributed by atoms with Crippen molar-refractivity contribution in [3.8, 4) is 0 Å². The first-order chi connectivity index (χ1) is 13.7. The van der Waals surface area contributed by atoms with Crippen LogP contribution in [0, 0.1) is 0 Å². The number of anilines is 1. The summed E-state index contributed by atoms with van der Waals surface area (Å²) in [7, 11) is 3.71. The van der Waals surface area contributed by atoms with Crippen molar-refractivity contribution in [1.29, 1.82) is 0 Å². The first kappa shape index (κ1) is 22.8. The van der Waals surface area contributed by atoms with E-state index in [9.17, 15) is 4.79 Å². The van der Waals surface area contributed by atoms with Crippen molar-refractivity contribution >= 4 is 17.7 Å². The standard InChI is InChI=1S/C20H34N8O/c1-7-13(3)24-19(29)12(2)8-9-14(4)28(6)11-15-10-23-18-16(25-15)17(21)26-20(22-5)27-18/h8,10,13-14,17H,7,9,11,21H2,1-6H3,(H,24,29)(H2,22,23,26,27). The number of hydrogen-bond donors (Lipinski definition) is 4. The van der Waals surface area contributed by atoms with Gasteiger partial charge in [0.15, 0.2) is 11.8 Å². The third-order valence-corrected chi connectivity index (χ3v) is 5.17. The van der Waals surface area contributed by atoms with Crippen LogP contribution >= 0.6 is 0 Å². The second-order valence-corrected chi connectivity index (χ2v) is 7.58. The van der Waals surface area contributed by atoms with Crippen LogP contribution in [-0.2, 0) is 11.3 Å². The molecule has 3 unspecified atom stereocenters. The Labute approximate surface area is 173 Å². The molecule has 0 saturated heterocycles. The number of guanidine groups is 1. The summed E-state index contributed by atoms with van der Waals surface area (Å²) in [6.07, 6.45) is 4.98. The summed E-state index contributed by atoms with van der Waals surface area (Å²) in [4.78, 5) is 27.5. The topological polar surface area (TPSA) is 121 Å². The Kier molecular flexibility index (Phi) is 8.10. The summed E-state index contributed by atoms with van der Waals surface area (Å²) >= 11 is 0. The molecule has 29 heavy (non-hydrogen) atoms. The summed E-state index contributed by atoms with van der Waals surface area (Å²) in [5, 5.41) is 9.10. The van der Waals surface area contributed by atoms with Crippen LogP contribution in [0.5, 0.6) is 0 Å². The molecule has 5 N–H and O–H groups in total. The number of rotatable bonds is 8. The van der Waals surface area contributed by atoms with Gasteiger partial charge in [-0.05, 0) is 40.7 Å². The van der Waals surface area contributed by atoms with Crippen LogP contribution in [0.3, 0.4) is 0 Å². The molecule has 0 bridgehead atoms. The van der Waals surface area contributed by atoms with Crippen LogP contribution in [0.1, 0.15) is 58.1 Å². The number of carbonyl (C=O) groups is 1. The van der Waals surface area contributed by atoms with Gasteiger partial charge in [0.2, 0.25) is 5.91 Å². The summed E-state index contributed by atoms with van der Waals surface area (Å²) in [5.41, 5.74) is 8.39. The van der Waals surface area contributed by atoms with E-state index < -0.39 is 6.17 Å². The van der Waals surface area contributed by atoms with Gasteiger partial charge in [-0.25, -0.2) is 9.97 Å². The Bertz CT molecular complexity index is 776. The lowest BCUT2D eigenvalue weighted by molar-refractivity contribution is -0.118. The number of aliphatic imine (C=N–C) groups is 1. The molecule has 2 heterocycles. The second kappa shape index (κ2) is 10.3. The zero-order valence-corrected chi connectivity index (χ0v) is 18.3. The van der Waals surface area contributed by atoms with Crippen molar-refractivity contribution < 1.29 is 4.79 Å². The maximum atomic E-state index is 12.2. The van der Waals surface area contributed by atoms with E-state index in [0.29, 0.717) is 24.0 Å². The van der Waals surface area contributed by atoms with Crippen LogP contribution in [0.2, 0.25) is 0 Å². The lowest BCUT2D eigenvalue weighted by atomic mass is 10.1. The fourth-order valence-corrected chi connectivity index (χ4v) is 2.79. The summed E-state index contributed by atoms with van der Waals surface area (Å²) in [5.74, 6) is 1.21. The molecule has 1 amide bonds. The number of nitrogens with two attached hydrogens (primary N) is 1. The molecule has 1 aromatic heterocycles. The van der Waals surface area contributed by atoms with Crippen LogP contribution in [0.15, 0.2) is 22.8 Å². The van der Waals surface area contributed by atoms with E-state index in [1.807, 2.05) is 27.0 Å². The van der Waals surface area contributed by atoms with Gasteiger partial charge in [0.1, 0.15) is 11.9 Å². The lowest BCUT2D eigenvalue weighted by Gasteiger charge is -2.27. The van der Waals surface area contributed by atoms with E-state index >= 15 is 0 Å². The number of amides is 1. The van der Waals surface area contributed by atoms with Crippen LogP contribution in [0.4, 0.5) is 5.82 Å². The fraction of sp³-hybridized carbons (Fsp3) is 0.600. The number of hydrogen-bond acceptors (Lipinski definition) is 6. The van der Waals surface area contributed by atoms with E-state index in [2.05, 4.69) is 49.7 Å². The van der Waals surface area contributed by atoms with Gasteiger partial charge in [-0.1, -0.05) is 13.0 Å². The third-order valence-electron chi connectivity index (χ3n) is 5.17.